The van der Waals surface area contributed by atoms with Crippen LogP contribution in [0.3, 0.4) is 0 Å². The molecule has 7 nitrogen and oxygen atoms in total. The summed E-state index contributed by atoms with van der Waals surface area (Å²) < 4.78 is 14.2. The minimum Gasteiger partial charge on any atom is -0.402 e. The largest absolute Gasteiger partial charge is 0.402 e. The van der Waals surface area contributed by atoms with Crippen molar-refractivity contribution in [3.63, 3.8) is 0 Å². The molecule has 1 saturated heterocycles. The second-order valence-corrected chi connectivity index (χ2v) is 8.92. The van der Waals surface area contributed by atoms with E-state index in [2.05, 4.69) is 15.2 Å². The lowest BCUT2D eigenvalue weighted by Crippen LogP contribution is -2.53. The van der Waals surface area contributed by atoms with Crippen molar-refractivity contribution < 1.29 is 9.18 Å². The second kappa shape index (κ2) is 10.3. The number of nitrogens with one attached hydrogen (secondary N) is 2. The van der Waals surface area contributed by atoms with Crippen LogP contribution in [0.1, 0.15) is 30.4 Å². The summed E-state index contributed by atoms with van der Waals surface area (Å²) in [5.74, 6) is -0.310. The molecule has 0 saturated carbocycles. The van der Waals surface area contributed by atoms with E-state index in [0.29, 0.717) is 60.2 Å². The Balaban J connectivity index is 1.36. The van der Waals surface area contributed by atoms with Crippen molar-refractivity contribution in [2.75, 3.05) is 26.2 Å². The zero-order chi connectivity index (χ0) is 23.4. The van der Waals surface area contributed by atoms with Crippen LogP contribution in [0, 0.1) is 11.2 Å². The number of aromatic nitrogens is 1. The van der Waals surface area contributed by atoms with E-state index in [0.717, 1.165) is 24.9 Å². The van der Waals surface area contributed by atoms with Gasteiger partial charge in [-0.25, -0.2) is 9.18 Å². The van der Waals surface area contributed by atoms with Gasteiger partial charge in [0.1, 0.15) is 5.82 Å². The second-order valence-electron chi connectivity index (χ2n) is 8.51. The summed E-state index contributed by atoms with van der Waals surface area (Å²) in [6.45, 7) is 2.66. The van der Waals surface area contributed by atoms with E-state index < -0.39 is 0 Å². The molecule has 2 amide bonds. The lowest BCUT2D eigenvalue weighted by atomic mass is 9.97. The molecule has 3 heterocycles. The predicted octanol–water partition coefficient (Wildman–Crippen LogP) is 3.53. The zero-order valence-electron chi connectivity index (χ0n) is 18.4. The van der Waals surface area contributed by atoms with Gasteiger partial charge in [0.25, 0.3) is 0 Å². The number of hydrogen-bond donors (Lipinski definition) is 3. The van der Waals surface area contributed by atoms with Crippen molar-refractivity contribution in [3.05, 3.63) is 76.0 Å². The molecule has 1 atom stereocenters. The molecule has 33 heavy (non-hydrogen) atoms. The fourth-order valence-electron chi connectivity index (χ4n) is 4.37. The average Bonchev–Trinajstić information content (AvgIpc) is 2.82. The topological polar surface area (TPSA) is 98.3 Å². The first-order valence-electron chi connectivity index (χ1n) is 11.1. The molecule has 0 unspecified atom stereocenters. The van der Waals surface area contributed by atoms with E-state index in [-0.39, 0.29) is 17.9 Å². The summed E-state index contributed by atoms with van der Waals surface area (Å²) >= 11 is 6.19. The van der Waals surface area contributed by atoms with Crippen molar-refractivity contribution in [1.29, 1.82) is 5.41 Å². The van der Waals surface area contributed by atoms with E-state index >= 15 is 0 Å². The van der Waals surface area contributed by atoms with E-state index in [1.165, 1.54) is 6.07 Å². The highest BCUT2D eigenvalue weighted by Gasteiger charge is 2.28. The molecule has 0 bridgehead atoms. The number of likely N-dealkylation sites (tertiary alicyclic amines) is 1. The standard InChI is InChI=1S/C24H28ClFN6O/c25-20-4-1-5-21(26)18(20)14-31-11-2-3-17(13-31)30-24(33)32-12-8-22(27)19(15-32)23(28)16-6-9-29-10-7-16/h1,4-7,9-10,17,28H,2-3,8,11-15,27H2,(H,30,33)/t17-/m1/s1. The van der Waals surface area contributed by atoms with E-state index in [9.17, 15) is 9.18 Å². The molecular weight excluding hydrogens is 443 g/mol. The van der Waals surface area contributed by atoms with Gasteiger partial charge in [-0.1, -0.05) is 17.7 Å². The van der Waals surface area contributed by atoms with Crippen molar-refractivity contribution in [2.45, 2.75) is 31.8 Å². The number of hydrogen-bond acceptors (Lipinski definition) is 5. The van der Waals surface area contributed by atoms with Gasteiger partial charge in [0.2, 0.25) is 0 Å². The third-order valence-corrected chi connectivity index (χ3v) is 6.58. The molecule has 174 valence electrons. The molecule has 4 rings (SSSR count). The highest BCUT2D eigenvalue weighted by atomic mass is 35.5. The van der Waals surface area contributed by atoms with Crippen molar-refractivity contribution in [2.24, 2.45) is 5.73 Å². The third kappa shape index (κ3) is 5.51. The third-order valence-electron chi connectivity index (χ3n) is 6.22. The van der Waals surface area contributed by atoms with Crippen LogP contribution in [0.25, 0.3) is 0 Å². The number of amides is 2. The maximum Gasteiger partial charge on any atom is 0.317 e. The van der Waals surface area contributed by atoms with Gasteiger partial charge in [-0.05, 0) is 43.7 Å². The van der Waals surface area contributed by atoms with E-state index in [4.69, 9.17) is 22.7 Å². The molecule has 0 spiro atoms. The summed E-state index contributed by atoms with van der Waals surface area (Å²) in [6.07, 6.45) is 5.56. The van der Waals surface area contributed by atoms with Gasteiger partial charge in [-0.2, -0.15) is 0 Å². The van der Waals surface area contributed by atoms with Crippen LogP contribution >= 0.6 is 11.6 Å². The number of urea groups is 1. The monoisotopic (exact) mass is 470 g/mol. The minimum atomic E-state index is -0.310. The Kier molecular flexibility index (Phi) is 7.25. The molecule has 0 radical (unpaired) electrons. The number of rotatable bonds is 5. The summed E-state index contributed by atoms with van der Waals surface area (Å²) in [4.78, 5) is 20.8. The van der Waals surface area contributed by atoms with Crippen LogP contribution in [0.4, 0.5) is 9.18 Å². The summed E-state index contributed by atoms with van der Waals surface area (Å²) in [5, 5.41) is 12.1. The Hall–Kier alpha value is -2.97. The molecule has 0 aliphatic carbocycles. The number of pyridine rings is 1. The van der Waals surface area contributed by atoms with Gasteiger partial charge >= 0.3 is 6.03 Å². The van der Waals surface area contributed by atoms with Crippen molar-refractivity contribution in [1.82, 2.24) is 20.1 Å². The molecule has 1 aromatic carbocycles. The van der Waals surface area contributed by atoms with Gasteiger partial charge in [0.15, 0.2) is 0 Å². The molecule has 2 aliphatic rings. The Morgan fingerprint density at radius 1 is 1.27 bits per heavy atom. The fraction of sp³-hybridized carbons (Fsp3) is 0.375. The zero-order valence-corrected chi connectivity index (χ0v) is 19.1. The Morgan fingerprint density at radius 2 is 2.06 bits per heavy atom. The number of piperidine rings is 1. The highest BCUT2D eigenvalue weighted by Crippen LogP contribution is 2.23. The maximum atomic E-state index is 14.2. The van der Waals surface area contributed by atoms with Crippen LogP contribution in [-0.4, -0.2) is 58.7 Å². The predicted molar refractivity (Wildman–Crippen MR) is 127 cm³/mol. The summed E-state index contributed by atoms with van der Waals surface area (Å²) in [7, 11) is 0. The fourth-order valence-corrected chi connectivity index (χ4v) is 4.60. The molecular formula is C24H28ClFN6O. The maximum absolute atomic E-state index is 14.2. The number of carbonyl (C=O) groups excluding carboxylic acids is 1. The summed E-state index contributed by atoms with van der Waals surface area (Å²) in [6, 6.07) is 8.03. The SMILES string of the molecule is N=C(C1=C(N)CCN(C(=O)N[C@@H]2CCCN(Cc3c(F)cccc3Cl)C2)C1)c1ccncc1. The Labute approximate surface area is 197 Å². The van der Waals surface area contributed by atoms with Gasteiger partial charge in [-0.15, -0.1) is 0 Å². The number of nitrogens with two attached hydrogens (primary N) is 1. The van der Waals surface area contributed by atoms with Crippen LogP contribution in [0.5, 0.6) is 0 Å². The van der Waals surface area contributed by atoms with Gasteiger partial charge in [0.05, 0.1) is 12.3 Å². The molecule has 1 fully saturated rings. The van der Waals surface area contributed by atoms with E-state index in [1.54, 1.807) is 41.6 Å². The average molecular weight is 471 g/mol. The Bertz CT molecular complexity index is 1040. The molecule has 4 N–H and O–H groups in total. The Morgan fingerprint density at radius 3 is 2.82 bits per heavy atom. The molecule has 2 aromatic rings. The minimum absolute atomic E-state index is 0.0387. The normalized spacial score (nSPS) is 19.5. The number of nitrogens with zero attached hydrogens (tertiary/aromatic N) is 3. The van der Waals surface area contributed by atoms with E-state index in [1.807, 2.05) is 0 Å². The van der Waals surface area contributed by atoms with Gasteiger partial charge < -0.3 is 16.0 Å². The smallest absolute Gasteiger partial charge is 0.317 e. The van der Waals surface area contributed by atoms with Crippen molar-refractivity contribution in [3.8, 4) is 0 Å². The first kappa shape index (κ1) is 23.2. The molecule has 9 heteroatoms. The summed E-state index contributed by atoms with van der Waals surface area (Å²) in [5.41, 5.74) is 9.04. The van der Waals surface area contributed by atoms with Crippen LogP contribution in [0.15, 0.2) is 54.0 Å². The first-order chi connectivity index (χ1) is 15.9. The van der Waals surface area contributed by atoms with Gasteiger partial charge in [-0.3, -0.25) is 15.3 Å². The van der Waals surface area contributed by atoms with Crippen LogP contribution in [-0.2, 0) is 6.54 Å². The van der Waals surface area contributed by atoms with Crippen molar-refractivity contribution >= 4 is 23.3 Å². The molecule has 2 aliphatic heterocycles. The van der Waals surface area contributed by atoms with Gasteiger partial charge in [0, 0.05) is 71.9 Å². The van der Waals surface area contributed by atoms with Crippen LogP contribution in [0.2, 0.25) is 5.02 Å². The quantitative estimate of drug-likeness (QED) is 0.582. The number of carbonyl (C=O) groups is 1. The number of halogens is 2. The van der Waals surface area contributed by atoms with Crippen LogP contribution < -0.4 is 11.1 Å². The number of benzene rings is 1. The molecule has 1 aromatic heterocycles. The lowest BCUT2D eigenvalue weighted by Gasteiger charge is -2.36. The first-order valence-corrected chi connectivity index (χ1v) is 11.5. The highest BCUT2D eigenvalue weighted by molar-refractivity contribution is 6.31. The lowest BCUT2D eigenvalue weighted by molar-refractivity contribution is 0.164.